The monoisotopic (exact) mass is 352 g/mol. The number of piperazine rings is 1. The van der Waals surface area contributed by atoms with Crippen molar-refractivity contribution in [1.82, 2.24) is 4.90 Å². The predicted octanol–water partition coefficient (Wildman–Crippen LogP) is 2.81. The minimum absolute atomic E-state index is 0.144. The Labute approximate surface area is 154 Å². The van der Waals surface area contributed by atoms with Crippen LogP contribution in [0.25, 0.3) is 0 Å². The fourth-order valence-corrected chi connectivity index (χ4v) is 3.02. The summed E-state index contributed by atoms with van der Waals surface area (Å²) in [7, 11) is 0. The van der Waals surface area contributed by atoms with Gasteiger partial charge in [0.2, 0.25) is 0 Å². The van der Waals surface area contributed by atoms with Gasteiger partial charge in [0.25, 0.3) is 5.91 Å². The first-order chi connectivity index (χ1) is 12.5. The summed E-state index contributed by atoms with van der Waals surface area (Å²) in [6.07, 6.45) is 0. The number of amides is 1. The van der Waals surface area contributed by atoms with Gasteiger partial charge in [0.15, 0.2) is 6.61 Å². The molecule has 1 heterocycles. The summed E-state index contributed by atoms with van der Waals surface area (Å²) in [6.45, 7) is 6.55. The lowest BCUT2D eigenvalue weighted by atomic mass is 10.1. The van der Waals surface area contributed by atoms with Crippen molar-refractivity contribution in [3.63, 3.8) is 0 Å². The van der Waals surface area contributed by atoms with Crippen LogP contribution in [0.15, 0.2) is 48.5 Å². The maximum Gasteiger partial charge on any atom is 0.338 e. The molecule has 0 bridgehead atoms. The molecule has 136 valence electrons. The fraction of sp³-hybridized carbons (Fsp3) is 0.333. The number of ether oxygens (including phenoxy) is 1. The molecule has 1 aliphatic rings. The average Bonchev–Trinajstić information content (AvgIpc) is 2.68. The van der Waals surface area contributed by atoms with Crippen molar-refractivity contribution in [2.75, 3.05) is 37.7 Å². The molecule has 1 fully saturated rings. The van der Waals surface area contributed by atoms with Crippen LogP contribution in [0.5, 0.6) is 0 Å². The van der Waals surface area contributed by atoms with E-state index in [9.17, 15) is 9.59 Å². The molecule has 1 saturated heterocycles. The summed E-state index contributed by atoms with van der Waals surface area (Å²) >= 11 is 0. The summed E-state index contributed by atoms with van der Waals surface area (Å²) in [6, 6.07) is 15.6. The van der Waals surface area contributed by atoms with Gasteiger partial charge < -0.3 is 14.5 Å². The molecule has 0 saturated carbocycles. The normalized spacial score (nSPS) is 14.2. The van der Waals surface area contributed by atoms with E-state index >= 15 is 0 Å². The molecule has 3 rings (SSSR count). The van der Waals surface area contributed by atoms with Gasteiger partial charge in [-0.1, -0.05) is 24.3 Å². The molecule has 0 aromatic heterocycles. The molecule has 0 radical (unpaired) electrons. The third-order valence-electron chi connectivity index (χ3n) is 4.82. The largest absolute Gasteiger partial charge is 0.452 e. The van der Waals surface area contributed by atoms with Gasteiger partial charge >= 0.3 is 5.97 Å². The minimum atomic E-state index is -0.454. The number of rotatable bonds is 4. The van der Waals surface area contributed by atoms with Crippen molar-refractivity contribution in [2.45, 2.75) is 13.8 Å². The molecule has 0 atom stereocenters. The second kappa shape index (κ2) is 8.04. The van der Waals surface area contributed by atoms with Gasteiger partial charge in [-0.3, -0.25) is 4.79 Å². The highest BCUT2D eigenvalue weighted by Gasteiger charge is 2.22. The van der Waals surface area contributed by atoms with Crippen LogP contribution in [-0.2, 0) is 9.53 Å². The Morgan fingerprint density at radius 3 is 2.27 bits per heavy atom. The molecule has 2 aromatic rings. The second-order valence-electron chi connectivity index (χ2n) is 6.58. The zero-order chi connectivity index (χ0) is 18.5. The first-order valence-corrected chi connectivity index (χ1v) is 8.87. The highest BCUT2D eigenvalue weighted by molar-refractivity contribution is 5.91. The quantitative estimate of drug-likeness (QED) is 0.794. The summed E-state index contributed by atoms with van der Waals surface area (Å²) in [5.74, 6) is -0.598. The number of esters is 1. The molecular weight excluding hydrogens is 328 g/mol. The smallest absolute Gasteiger partial charge is 0.338 e. The average molecular weight is 352 g/mol. The highest BCUT2D eigenvalue weighted by Crippen LogP contribution is 2.16. The van der Waals surface area contributed by atoms with Crippen LogP contribution in [0.4, 0.5) is 5.69 Å². The van der Waals surface area contributed by atoms with Gasteiger partial charge in [0.1, 0.15) is 0 Å². The van der Waals surface area contributed by atoms with E-state index in [1.54, 1.807) is 17.0 Å². The van der Waals surface area contributed by atoms with Gasteiger partial charge in [0, 0.05) is 31.9 Å². The topological polar surface area (TPSA) is 49.9 Å². The molecule has 0 unspecified atom stereocenters. The number of hydrogen-bond acceptors (Lipinski definition) is 4. The van der Waals surface area contributed by atoms with E-state index in [1.807, 2.05) is 38.1 Å². The lowest BCUT2D eigenvalue weighted by Gasteiger charge is -2.36. The van der Waals surface area contributed by atoms with Crippen molar-refractivity contribution < 1.29 is 14.3 Å². The molecule has 1 amide bonds. The van der Waals surface area contributed by atoms with Crippen LogP contribution < -0.4 is 4.90 Å². The summed E-state index contributed by atoms with van der Waals surface area (Å²) in [5.41, 5.74) is 3.80. The Kier molecular flexibility index (Phi) is 5.56. The number of aryl methyl sites for hydroxylation is 2. The van der Waals surface area contributed by atoms with Crippen LogP contribution in [0.3, 0.4) is 0 Å². The standard InChI is InChI=1S/C21H24N2O3/c1-16-8-9-18(14-17(16)2)21(25)26-15-20(24)23-12-10-22(11-13-23)19-6-4-3-5-7-19/h3-9,14H,10-13,15H2,1-2H3. The van der Waals surface area contributed by atoms with E-state index in [4.69, 9.17) is 4.74 Å². The highest BCUT2D eigenvalue weighted by atomic mass is 16.5. The van der Waals surface area contributed by atoms with Crippen molar-refractivity contribution in [3.8, 4) is 0 Å². The molecular formula is C21H24N2O3. The van der Waals surface area contributed by atoms with Crippen molar-refractivity contribution >= 4 is 17.6 Å². The Bertz CT molecular complexity index is 781. The molecule has 0 N–H and O–H groups in total. The second-order valence-corrected chi connectivity index (χ2v) is 6.58. The summed E-state index contributed by atoms with van der Waals surface area (Å²) in [5, 5.41) is 0. The molecule has 1 aliphatic heterocycles. The lowest BCUT2D eigenvalue weighted by molar-refractivity contribution is -0.134. The van der Waals surface area contributed by atoms with E-state index in [1.165, 1.54) is 5.69 Å². The number of para-hydroxylation sites is 1. The van der Waals surface area contributed by atoms with E-state index in [-0.39, 0.29) is 12.5 Å². The van der Waals surface area contributed by atoms with Gasteiger partial charge in [-0.25, -0.2) is 4.79 Å². The lowest BCUT2D eigenvalue weighted by Crippen LogP contribution is -2.49. The fourth-order valence-electron chi connectivity index (χ4n) is 3.02. The van der Waals surface area contributed by atoms with Gasteiger partial charge in [-0.2, -0.15) is 0 Å². The first-order valence-electron chi connectivity index (χ1n) is 8.87. The van der Waals surface area contributed by atoms with Gasteiger partial charge in [-0.05, 0) is 49.2 Å². The van der Waals surface area contributed by atoms with E-state index in [2.05, 4.69) is 17.0 Å². The predicted molar refractivity (Wildman–Crippen MR) is 101 cm³/mol. The van der Waals surface area contributed by atoms with E-state index < -0.39 is 5.97 Å². The molecule has 0 spiro atoms. The maximum absolute atomic E-state index is 12.3. The van der Waals surface area contributed by atoms with Crippen LogP contribution in [0, 0.1) is 13.8 Å². The van der Waals surface area contributed by atoms with Gasteiger partial charge in [-0.15, -0.1) is 0 Å². The Morgan fingerprint density at radius 2 is 1.62 bits per heavy atom. The van der Waals surface area contributed by atoms with Gasteiger partial charge in [0.05, 0.1) is 5.56 Å². The van der Waals surface area contributed by atoms with Crippen LogP contribution in [0.1, 0.15) is 21.5 Å². The third kappa shape index (κ3) is 4.23. The Balaban J connectivity index is 1.48. The SMILES string of the molecule is Cc1ccc(C(=O)OCC(=O)N2CCN(c3ccccc3)CC2)cc1C. The first kappa shape index (κ1) is 18.0. The van der Waals surface area contributed by atoms with Crippen molar-refractivity contribution in [3.05, 3.63) is 65.2 Å². The molecule has 5 heteroatoms. The van der Waals surface area contributed by atoms with E-state index in [0.717, 1.165) is 24.2 Å². The summed E-state index contributed by atoms with van der Waals surface area (Å²) < 4.78 is 5.21. The molecule has 26 heavy (non-hydrogen) atoms. The van der Waals surface area contributed by atoms with Crippen LogP contribution in [0.2, 0.25) is 0 Å². The van der Waals surface area contributed by atoms with E-state index in [0.29, 0.717) is 18.7 Å². The van der Waals surface area contributed by atoms with Crippen LogP contribution >= 0.6 is 0 Å². The number of nitrogens with zero attached hydrogens (tertiary/aromatic N) is 2. The third-order valence-corrected chi connectivity index (χ3v) is 4.82. The number of anilines is 1. The Hall–Kier alpha value is -2.82. The molecule has 2 aromatic carbocycles. The molecule has 0 aliphatic carbocycles. The van der Waals surface area contributed by atoms with Crippen molar-refractivity contribution in [2.24, 2.45) is 0 Å². The minimum Gasteiger partial charge on any atom is -0.452 e. The number of benzene rings is 2. The Morgan fingerprint density at radius 1 is 0.923 bits per heavy atom. The number of hydrogen-bond donors (Lipinski definition) is 0. The summed E-state index contributed by atoms with van der Waals surface area (Å²) in [4.78, 5) is 28.5. The zero-order valence-corrected chi connectivity index (χ0v) is 15.3. The van der Waals surface area contributed by atoms with Crippen LogP contribution in [-0.4, -0.2) is 49.6 Å². The van der Waals surface area contributed by atoms with Crippen molar-refractivity contribution in [1.29, 1.82) is 0 Å². The number of carbonyl (C=O) groups is 2. The zero-order valence-electron chi connectivity index (χ0n) is 15.3. The molecule has 5 nitrogen and oxygen atoms in total. The number of carbonyl (C=O) groups excluding carboxylic acids is 2. The maximum atomic E-state index is 12.3.